The molecule has 1 saturated carbocycles. The van der Waals surface area contributed by atoms with Gasteiger partial charge in [0.1, 0.15) is 30.1 Å². The lowest BCUT2D eigenvalue weighted by Gasteiger charge is -2.11. The zero-order valence-electron chi connectivity index (χ0n) is 19.3. The summed E-state index contributed by atoms with van der Waals surface area (Å²) in [5.41, 5.74) is 18.1. The zero-order valence-corrected chi connectivity index (χ0v) is 20.1. The van der Waals surface area contributed by atoms with Gasteiger partial charge in [0.05, 0.1) is 10.6 Å². The Hall–Kier alpha value is -3.71. The molecule has 0 radical (unpaired) electrons. The van der Waals surface area contributed by atoms with Crippen LogP contribution in [0, 0.1) is 6.92 Å². The second-order valence-electron chi connectivity index (χ2n) is 8.89. The number of nitrogens with two attached hydrogens (primary N) is 2. The maximum absolute atomic E-state index is 11.1. The summed E-state index contributed by atoms with van der Waals surface area (Å²) in [5.74, 6) is 2.18. The summed E-state index contributed by atoms with van der Waals surface area (Å²) in [4.78, 5) is 11.1. The highest BCUT2D eigenvalue weighted by Crippen LogP contribution is 2.45. The molecule has 180 valence electrons. The number of rotatable bonds is 7. The average Bonchev–Trinajstić information content (AvgIpc) is 3.62. The maximum Gasteiger partial charge on any atom is 0.194 e. The molecule has 3 aromatic rings. The van der Waals surface area contributed by atoms with Crippen LogP contribution in [-0.2, 0) is 17.8 Å². The van der Waals surface area contributed by atoms with Gasteiger partial charge in [-0.1, -0.05) is 41.0 Å². The van der Waals surface area contributed by atoms with Crippen molar-refractivity contribution in [2.24, 2.45) is 11.5 Å². The van der Waals surface area contributed by atoms with Crippen molar-refractivity contribution >= 4 is 17.9 Å². The number of nitrogens with zero attached hydrogens (tertiary/aromatic N) is 1. The van der Waals surface area contributed by atoms with Gasteiger partial charge in [-0.2, -0.15) is 0 Å². The molecule has 1 aliphatic heterocycles. The number of aromatic nitrogens is 1. The van der Waals surface area contributed by atoms with Gasteiger partial charge in [0.2, 0.25) is 0 Å². The van der Waals surface area contributed by atoms with Crippen LogP contribution >= 0.6 is 11.6 Å². The molecule has 8 heteroatoms. The molecule has 4 N–H and O–H groups in total. The quantitative estimate of drug-likeness (QED) is 0.331. The topological polar surface area (TPSA) is 114 Å². The molecule has 0 bridgehead atoms. The Morgan fingerprint density at radius 2 is 2.09 bits per heavy atom. The minimum Gasteiger partial charge on any atom is -0.474 e. The highest BCUT2D eigenvalue weighted by molar-refractivity contribution is 6.33. The number of carbonyl (C=O) groups excluding carboxylic acids is 1. The molecule has 1 aliphatic carbocycles. The van der Waals surface area contributed by atoms with Crippen molar-refractivity contribution in [3.8, 4) is 17.0 Å². The highest BCUT2D eigenvalue weighted by atomic mass is 35.5. The van der Waals surface area contributed by atoms with Crippen molar-refractivity contribution in [3.63, 3.8) is 0 Å². The Bertz CT molecular complexity index is 1330. The number of hydrogen-bond donors (Lipinski definition) is 2. The van der Waals surface area contributed by atoms with E-state index in [1.807, 2.05) is 31.2 Å². The van der Waals surface area contributed by atoms with Gasteiger partial charge in [-0.15, -0.1) is 0 Å². The Labute approximate surface area is 208 Å². The van der Waals surface area contributed by atoms with Crippen molar-refractivity contribution in [2.75, 3.05) is 0 Å². The van der Waals surface area contributed by atoms with Gasteiger partial charge in [0.25, 0.3) is 0 Å². The molecule has 0 amide bonds. The lowest BCUT2D eigenvalue weighted by Crippen LogP contribution is -2.10. The van der Waals surface area contributed by atoms with Crippen LogP contribution in [-0.4, -0.2) is 11.4 Å². The molecule has 1 fully saturated rings. The predicted octanol–water partition coefficient (Wildman–Crippen LogP) is 5.51. The van der Waals surface area contributed by atoms with E-state index < -0.39 is 0 Å². The SMILES string of the molecule is Cc1cccc(Cl)c1-c1noc(C2CC2)c1CO/C(N)=C/C1=C(N)Oc2cc(C=O)ccc2CC1. The largest absolute Gasteiger partial charge is 0.474 e. The number of aldehydes is 1. The van der Waals surface area contributed by atoms with Crippen molar-refractivity contribution in [2.45, 2.75) is 45.1 Å². The van der Waals surface area contributed by atoms with E-state index >= 15 is 0 Å². The van der Waals surface area contributed by atoms with Crippen molar-refractivity contribution < 1.29 is 18.8 Å². The van der Waals surface area contributed by atoms with Crippen LogP contribution in [0.2, 0.25) is 5.02 Å². The summed E-state index contributed by atoms with van der Waals surface area (Å²) in [7, 11) is 0. The molecular formula is C27H26ClN3O4. The predicted molar refractivity (Wildman–Crippen MR) is 133 cm³/mol. The fraction of sp³-hybridized carbons (Fsp3) is 0.259. The minimum atomic E-state index is 0.189. The monoisotopic (exact) mass is 491 g/mol. The van der Waals surface area contributed by atoms with Gasteiger partial charge < -0.3 is 25.5 Å². The van der Waals surface area contributed by atoms with Gasteiger partial charge in [-0.3, -0.25) is 4.79 Å². The number of hydrogen-bond acceptors (Lipinski definition) is 7. The molecule has 35 heavy (non-hydrogen) atoms. The molecular weight excluding hydrogens is 466 g/mol. The lowest BCUT2D eigenvalue weighted by molar-refractivity contribution is 0.112. The molecule has 2 aliphatic rings. The van der Waals surface area contributed by atoms with E-state index in [1.54, 1.807) is 18.2 Å². The second kappa shape index (κ2) is 9.50. The summed E-state index contributed by atoms with van der Waals surface area (Å²) in [6.07, 6.45) is 5.89. The maximum atomic E-state index is 11.1. The fourth-order valence-corrected chi connectivity index (χ4v) is 4.60. The van der Waals surface area contributed by atoms with Crippen molar-refractivity contribution in [1.82, 2.24) is 5.16 Å². The standard InChI is InChI=1S/C27H26ClN3O4/c1-15-3-2-4-21(28)24(15)25-20(26(35-31-25)18-8-9-18)14-33-23(29)12-19-10-7-17-6-5-16(13-32)11-22(17)34-27(19)30/h2-6,11-13,18H,7-10,14,29-30H2,1H3/b23-12+. The Morgan fingerprint density at radius 3 is 2.83 bits per heavy atom. The molecule has 2 heterocycles. The van der Waals surface area contributed by atoms with E-state index in [-0.39, 0.29) is 18.4 Å². The third kappa shape index (κ3) is 4.77. The first-order chi connectivity index (χ1) is 16.9. The molecule has 0 unspecified atom stereocenters. The van der Waals surface area contributed by atoms with Crippen LogP contribution in [0.3, 0.4) is 0 Å². The lowest BCUT2D eigenvalue weighted by atomic mass is 10.0. The number of fused-ring (bicyclic) bond motifs is 1. The average molecular weight is 492 g/mol. The summed E-state index contributed by atoms with van der Waals surface area (Å²) >= 11 is 6.51. The van der Waals surface area contributed by atoms with Crippen LogP contribution in [0.1, 0.15) is 58.0 Å². The van der Waals surface area contributed by atoms with E-state index in [0.717, 1.165) is 52.7 Å². The van der Waals surface area contributed by atoms with E-state index in [4.69, 9.17) is 37.1 Å². The molecule has 2 aromatic carbocycles. The van der Waals surface area contributed by atoms with Crippen LogP contribution in [0.5, 0.6) is 5.75 Å². The van der Waals surface area contributed by atoms with Crippen LogP contribution < -0.4 is 16.2 Å². The first-order valence-corrected chi connectivity index (χ1v) is 11.9. The van der Waals surface area contributed by atoms with E-state index in [2.05, 4.69) is 5.16 Å². The summed E-state index contributed by atoms with van der Waals surface area (Å²) in [6, 6.07) is 11.1. The van der Waals surface area contributed by atoms with Crippen molar-refractivity contribution in [3.05, 3.63) is 92.9 Å². The van der Waals surface area contributed by atoms with Gasteiger partial charge >= 0.3 is 0 Å². The Morgan fingerprint density at radius 1 is 1.26 bits per heavy atom. The smallest absolute Gasteiger partial charge is 0.194 e. The molecule has 0 atom stereocenters. The first kappa shape index (κ1) is 23.1. The summed E-state index contributed by atoms with van der Waals surface area (Å²) in [5, 5.41) is 4.96. The second-order valence-corrected chi connectivity index (χ2v) is 9.30. The summed E-state index contributed by atoms with van der Waals surface area (Å²) < 4.78 is 17.5. The van der Waals surface area contributed by atoms with Crippen LogP contribution in [0.15, 0.2) is 64.3 Å². The van der Waals surface area contributed by atoms with Crippen LogP contribution in [0.4, 0.5) is 0 Å². The van der Waals surface area contributed by atoms with E-state index in [1.165, 1.54) is 0 Å². The number of ether oxygens (including phenoxy) is 2. The number of halogens is 1. The number of benzene rings is 2. The Kier molecular flexibility index (Phi) is 6.26. The van der Waals surface area contributed by atoms with Gasteiger partial charge in [-0.05, 0) is 55.9 Å². The number of allylic oxidation sites excluding steroid dienone is 2. The third-order valence-electron chi connectivity index (χ3n) is 6.35. The van der Waals surface area contributed by atoms with Crippen LogP contribution in [0.25, 0.3) is 11.3 Å². The van der Waals surface area contributed by atoms with Gasteiger partial charge in [0, 0.05) is 28.7 Å². The fourth-order valence-electron chi connectivity index (χ4n) is 4.29. The minimum absolute atomic E-state index is 0.189. The molecule has 1 aromatic heterocycles. The molecule has 0 spiro atoms. The molecule has 0 saturated heterocycles. The summed E-state index contributed by atoms with van der Waals surface area (Å²) in [6.45, 7) is 2.18. The van der Waals surface area contributed by atoms with Crippen molar-refractivity contribution in [1.29, 1.82) is 0 Å². The van der Waals surface area contributed by atoms with Gasteiger partial charge in [-0.25, -0.2) is 0 Å². The number of carbonyl (C=O) groups is 1. The molecule has 7 nitrogen and oxygen atoms in total. The number of aryl methyl sites for hydroxylation is 2. The zero-order chi connectivity index (χ0) is 24.5. The highest BCUT2D eigenvalue weighted by Gasteiger charge is 2.33. The Balaban J connectivity index is 1.38. The van der Waals surface area contributed by atoms with E-state index in [9.17, 15) is 4.79 Å². The molecule has 5 rings (SSSR count). The van der Waals surface area contributed by atoms with Gasteiger partial charge in [0.15, 0.2) is 11.8 Å². The first-order valence-electron chi connectivity index (χ1n) is 11.5. The normalized spacial score (nSPS) is 15.9. The van der Waals surface area contributed by atoms with E-state index in [0.29, 0.717) is 40.8 Å². The third-order valence-corrected chi connectivity index (χ3v) is 6.67.